The van der Waals surface area contributed by atoms with Gasteiger partial charge in [0, 0.05) is 16.9 Å². The number of carbonyl (C=O) groups excluding carboxylic acids is 1. The standard InChI is InChI=1S/C21H18F2N2O5S2/c1-2-31(27,28)17-9-3-14(4-10-17)21(26)24-15-5-7-16(8-6-15)25-32(29,30)18-11-12-19(22)20(23)13-18/h3-13,25H,2H2,1H3,(H,24,26). The number of sulfonamides is 1. The maximum atomic E-state index is 13.3. The molecule has 0 bridgehead atoms. The molecule has 0 saturated carbocycles. The largest absolute Gasteiger partial charge is 0.322 e. The van der Waals surface area contributed by atoms with Crippen molar-refractivity contribution < 1.29 is 30.4 Å². The summed E-state index contributed by atoms with van der Waals surface area (Å²) in [6.07, 6.45) is 0. The fourth-order valence-corrected chi connectivity index (χ4v) is 4.62. The molecule has 0 aliphatic heterocycles. The summed E-state index contributed by atoms with van der Waals surface area (Å²) in [5.41, 5.74) is 0.737. The molecule has 1 amide bonds. The van der Waals surface area contributed by atoms with E-state index >= 15 is 0 Å². The summed E-state index contributed by atoms with van der Waals surface area (Å²) in [4.78, 5) is 12.0. The second-order valence-corrected chi connectivity index (χ2v) is 10.6. The first-order valence-corrected chi connectivity index (χ1v) is 12.4. The summed E-state index contributed by atoms with van der Waals surface area (Å²) in [5, 5.41) is 2.61. The molecule has 0 spiro atoms. The number of halogens is 2. The molecule has 3 rings (SSSR count). The van der Waals surface area contributed by atoms with Crippen LogP contribution in [0.4, 0.5) is 20.2 Å². The molecule has 0 heterocycles. The van der Waals surface area contributed by atoms with Crippen molar-refractivity contribution in [3.63, 3.8) is 0 Å². The number of nitrogens with one attached hydrogen (secondary N) is 2. The summed E-state index contributed by atoms with van der Waals surface area (Å²) in [6.45, 7) is 1.53. The molecule has 0 aromatic heterocycles. The zero-order chi connectivity index (χ0) is 23.5. The Hall–Kier alpha value is -3.31. The van der Waals surface area contributed by atoms with Gasteiger partial charge in [0.2, 0.25) is 0 Å². The predicted octanol–water partition coefficient (Wildman–Crippen LogP) is 3.81. The van der Waals surface area contributed by atoms with Crippen molar-refractivity contribution in [2.45, 2.75) is 16.7 Å². The Morgan fingerprint density at radius 1 is 0.781 bits per heavy atom. The molecule has 168 valence electrons. The van der Waals surface area contributed by atoms with Crippen molar-refractivity contribution in [2.75, 3.05) is 15.8 Å². The van der Waals surface area contributed by atoms with E-state index in [-0.39, 0.29) is 21.9 Å². The van der Waals surface area contributed by atoms with E-state index in [0.717, 1.165) is 6.07 Å². The third-order valence-corrected chi connectivity index (χ3v) is 7.58. The number of rotatable bonds is 7. The van der Waals surface area contributed by atoms with Gasteiger partial charge in [-0.05, 0) is 66.7 Å². The Labute approximate surface area is 184 Å². The Morgan fingerprint density at radius 3 is 1.91 bits per heavy atom. The topological polar surface area (TPSA) is 109 Å². The first-order valence-electron chi connectivity index (χ1n) is 9.24. The van der Waals surface area contributed by atoms with E-state index in [4.69, 9.17) is 0 Å². The minimum absolute atomic E-state index is 0.0508. The summed E-state index contributed by atoms with van der Waals surface area (Å²) in [7, 11) is -7.51. The lowest BCUT2D eigenvalue weighted by molar-refractivity contribution is 0.102. The minimum atomic E-state index is -4.14. The van der Waals surface area contributed by atoms with Crippen LogP contribution < -0.4 is 10.0 Å². The Kier molecular flexibility index (Phi) is 6.60. The van der Waals surface area contributed by atoms with Crippen molar-refractivity contribution >= 4 is 37.1 Å². The minimum Gasteiger partial charge on any atom is -0.322 e. The number of sulfone groups is 1. The van der Waals surface area contributed by atoms with Gasteiger partial charge in [0.05, 0.1) is 15.5 Å². The highest BCUT2D eigenvalue weighted by Crippen LogP contribution is 2.21. The van der Waals surface area contributed by atoms with Crippen LogP contribution in [-0.2, 0) is 19.9 Å². The number of anilines is 2. The molecule has 11 heteroatoms. The van der Waals surface area contributed by atoms with Crippen LogP contribution in [0.15, 0.2) is 76.5 Å². The lowest BCUT2D eigenvalue weighted by Gasteiger charge is -2.10. The average Bonchev–Trinajstić information content (AvgIpc) is 2.76. The zero-order valence-electron chi connectivity index (χ0n) is 16.7. The zero-order valence-corrected chi connectivity index (χ0v) is 18.3. The van der Waals surface area contributed by atoms with Gasteiger partial charge in [-0.3, -0.25) is 9.52 Å². The SMILES string of the molecule is CCS(=O)(=O)c1ccc(C(=O)Nc2ccc(NS(=O)(=O)c3ccc(F)c(F)c3)cc2)cc1. The highest BCUT2D eigenvalue weighted by atomic mass is 32.2. The van der Waals surface area contributed by atoms with Crippen molar-refractivity contribution in [1.29, 1.82) is 0 Å². The van der Waals surface area contributed by atoms with Gasteiger partial charge in [-0.25, -0.2) is 25.6 Å². The molecule has 0 saturated heterocycles. The van der Waals surface area contributed by atoms with Gasteiger partial charge >= 0.3 is 0 Å². The van der Waals surface area contributed by atoms with Crippen molar-refractivity contribution in [3.05, 3.63) is 83.9 Å². The van der Waals surface area contributed by atoms with Crippen molar-refractivity contribution in [3.8, 4) is 0 Å². The van der Waals surface area contributed by atoms with E-state index in [9.17, 15) is 30.4 Å². The van der Waals surface area contributed by atoms with Crippen molar-refractivity contribution in [2.24, 2.45) is 0 Å². The van der Waals surface area contributed by atoms with Gasteiger partial charge in [0.1, 0.15) is 0 Å². The van der Waals surface area contributed by atoms with Gasteiger partial charge < -0.3 is 5.32 Å². The van der Waals surface area contributed by atoms with Gasteiger partial charge in [0.15, 0.2) is 21.5 Å². The third kappa shape index (κ3) is 5.29. The van der Waals surface area contributed by atoms with Crippen LogP contribution in [0.5, 0.6) is 0 Å². The van der Waals surface area contributed by atoms with Crippen LogP contribution in [0, 0.1) is 11.6 Å². The lowest BCUT2D eigenvalue weighted by atomic mass is 10.2. The van der Waals surface area contributed by atoms with Crippen LogP contribution >= 0.6 is 0 Å². The number of carbonyl (C=O) groups is 1. The van der Waals surface area contributed by atoms with Crippen LogP contribution in [0.25, 0.3) is 0 Å². The first kappa shape index (κ1) is 23.4. The molecule has 3 aromatic carbocycles. The Bertz CT molecular complexity index is 1360. The molecule has 0 unspecified atom stereocenters. The summed E-state index contributed by atoms with van der Waals surface area (Å²) in [6, 6.07) is 13.3. The van der Waals surface area contributed by atoms with Crippen molar-refractivity contribution in [1.82, 2.24) is 0 Å². The van der Waals surface area contributed by atoms with E-state index in [1.807, 2.05) is 0 Å². The van der Waals surface area contributed by atoms with Gasteiger partial charge in [-0.1, -0.05) is 6.92 Å². The summed E-state index contributed by atoms with van der Waals surface area (Å²) < 4.78 is 76.9. The van der Waals surface area contributed by atoms with Gasteiger partial charge in [-0.2, -0.15) is 0 Å². The lowest BCUT2D eigenvalue weighted by Crippen LogP contribution is -2.14. The number of amides is 1. The number of benzene rings is 3. The van der Waals surface area contributed by atoms with Gasteiger partial charge in [-0.15, -0.1) is 0 Å². The van der Waals surface area contributed by atoms with E-state index < -0.39 is 42.3 Å². The predicted molar refractivity (Wildman–Crippen MR) is 116 cm³/mol. The van der Waals surface area contributed by atoms with Crippen LogP contribution in [-0.4, -0.2) is 28.5 Å². The highest BCUT2D eigenvalue weighted by Gasteiger charge is 2.17. The number of hydrogen-bond acceptors (Lipinski definition) is 5. The molecule has 2 N–H and O–H groups in total. The number of hydrogen-bond donors (Lipinski definition) is 2. The van der Waals surface area contributed by atoms with E-state index in [1.54, 1.807) is 0 Å². The quantitative estimate of drug-likeness (QED) is 0.535. The normalized spacial score (nSPS) is 11.7. The second-order valence-electron chi connectivity index (χ2n) is 6.64. The van der Waals surface area contributed by atoms with E-state index in [2.05, 4.69) is 10.0 Å². The van der Waals surface area contributed by atoms with E-state index in [0.29, 0.717) is 17.8 Å². The summed E-state index contributed by atoms with van der Waals surface area (Å²) in [5.74, 6) is -2.98. The van der Waals surface area contributed by atoms with E-state index in [1.165, 1.54) is 55.5 Å². The highest BCUT2D eigenvalue weighted by molar-refractivity contribution is 7.92. The second kappa shape index (κ2) is 9.05. The van der Waals surface area contributed by atoms with Crippen LogP contribution in [0.1, 0.15) is 17.3 Å². The molecule has 0 fully saturated rings. The monoisotopic (exact) mass is 480 g/mol. The first-order chi connectivity index (χ1) is 15.0. The molecule has 0 radical (unpaired) electrons. The van der Waals surface area contributed by atoms with Gasteiger partial charge in [0.25, 0.3) is 15.9 Å². The Balaban J connectivity index is 1.69. The maximum absolute atomic E-state index is 13.3. The van der Waals surface area contributed by atoms with Crippen LogP contribution in [0.2, 0.25) is 0 Å². The fraction of sp³-hybridized carbons (Fsp3) is 0.0952. The molecular weight excluding hydrogens is 462 g/mol. The molecule has 3 aromatic rings. The maximum Gasteiger partial charge on any atom is 0.261 e. The van der Waals surface area contributed by atoms with Crippen LogP contribution in [0.3, 0.4) is 0 Å². The smallest absolute Gasteiger partial charge is 0.261 e. The molecule has 32 heavy (non-hydrogen) atoms. The third-order valence-electron chi connectivity index (χ3n) is 4.45. The molecule has 0 aliphatic carbocycles. The molecule has 7 nitrogen and oxygen atoms in total. The average molecular weight is 481 g/mol. The summed E-state index contributed by atoms with van der Waals surface area (Å²) >= 11 is 0. The molecular formula is C21H18F2N2O5S2. The molecule has 0 atom stereocenters. The molecule has 0 aliphatic rings. The fourth-order valence-electron chi connectivity index (χ4n) is 2.66. The Morgan fingerprint density at radius 2 is 1.34 bits per heavy atom.